The zero-order chi connectivity index (χ0) is 16.8. The van der Waals surface area contributed by atoms with Gasteiger partial charge in [0.1, 0.15) is 5.75 Å². The van der Waals surface area contributed by atoms with Crippen LogP contribution in [0.5, 0.6) is 5.75 Å². The normalized spacial score (nSPS) is 20.3. The summed E-state index contributed by atoms with van der Waals surface area (Å²) in [5.74, 6) is 1.84. The van der Waals surface area contributed by atoms with Crippen molar-refractivity contribution >= 4 is 5.91 Å². The van der Waals surface area contributed by atoms with E-state index in [2.05, 4.69) is 16.3 Å². The fourth-order valence-electron chi connectivity index (χ4n) is 4.07. The van der Waals surface area contributed by atoms with Crippen molar-refractivity contribution in [2.75, 3.05) is 19.6 Å². The van der Waals surface area contributed by atoms with E-state index in [1.807, 2.05) is 12.1 Å². The molecule has 0 bridgehead atoms. The van der Waals surface area contributed by atoms with Crippen LogP contribution in [0.4, 0.5) is 0 Å². The molecule has 1 aliphatic heterocycles. The lowest BCUT2D eigenvalue weighted by Gasteiger charge is -2.32. The molecule has 1 heterocycles. The zero-order valence-electron chi connectivity index (χ0n) is 14.5. The van der Waals surface area contributed by atoms with Crippen LogP contribution in [0.15, 0.2) is 24.3 Å². The summed E-state index contributed by atoms with van der Waals surface area (Å²) in [7, 11) is 0. The van der Waals surface area contributed by atoms with Gasteiger partial charge in [-0.05, 0) is 68.3 Å². The Labute approximate surface area is 145 Å². The van der Waals surface area contributed by atoms with Crippen LogP contribution < -0.4 is 5.32 Å². The first-order valence-corrected chi connectivity index (χ1v) is 9.46. The number of hydrogen-bond donors (Lipinski definition) is 2. The number of phenolic OH excluding ortho intramolecular Hbond substituents is 1. The van der Waals surface area contributed by atoms with E-state index in [0.29, 0.717) is 17.6 Å². The third kappa shape index (κ3) is 5.23. The molecule has 0 atom stereocenters. The number of phenols is 1. The van der Waals surface area contributed by atoms with E-state index in [1.165, 1.54) is 31.2 Å². The SMILES string of the molecule is O=C(CC1CCCC1)NCC1CCN(Cc2cccc(O)c2)CC1. The van der Waals surface area contributed by atoms with Crippen LogP contribution in [0, 0.1) is 11.8 Å². The van der Waals surface area contributed by atoms with Gasteiger partial charge in [-0.3, -0.25) is 9.69 Å². The summed E-state index contributed by atoms with van der Waals surface area (Å²) in [4.78, 5) is 14.5. The molecule has 0 aromatic heterocycles. The molecule has 2 fully saturated rings. The molecular weight excluding hydrogens is 300 g/mol. The fraction of sp³-hybridized carbons (Fsp3) is 0.650. The van der Waals surface area contributed by atoms with Crippen molar-refractivity contribution in [1.82, 2.24) is 10.2 Å². The second-order valence-electron chi connectivity index (χ2n) is 7.55. The van der Waals surface area contributed by atoms with E-state index in [-0.39, 0.29) is 5.91 Å². The van der Waals surface area contributed by atoms with Gasteiger partial charge in [-0.25, -0.2) is 0 Å². The first kappa shape index (κ1) is 17.3. The van der Waals surface area contributed by atoms with E-state index >= 15 is 0 Å². The second kappa shape index (κ2) is 8.52. The van der Waals surface area contributed by atoms with E-state index in [0.717, 1.165) is 45.4 Å². The molecule has 1 amide bonds. The van der Waals surface area contributed by atoms with Crippen molar-refractivity contribution in [1.29, 1.82) is 0 Å². The molecule has 4 heteroatoms. The molecular formula is C20H30N2O2. The Hall–Kier alpha value is -1.55. The molecule has 2 N–H and O–H groups in total. The molecule has 24 heavy (non-hydrogen) atoms. The van der Waals surface area contributed by atoms with Crippen molar-refractivity contribution in [2.45, 2.75) is 51.5 Å². The van der Waals surface area contributed by atoms with Crippen LogP contribution in [0.2, 0.25) is 0 Å². The predicted octanol–water partition coefficient (Wildman–Crippen LogP) is 3.30. The number of carbonyl (C=O) groups is 1. The molecule has 1 aliphatic carbocycles. The molecule has 1 aromatic carbocycles. The highest BCUT2D eigenvalue weighted by Crippen LogP contribution is 2.27. The highest BCUT2D eigenvalue weighted by molar-refractivity contribution is 5.76. The lowest BCUT2D eigenvalue weighted by Crippen LogP contribution is -2.38. The second-order valence-corrected chi connectivity index (χ2v) is 7.55. The van der Waals surface area contributed by atoms with Crippen LogP contribution in [0.3, 0.4) is 0 Å². The number of carbonyl (C=O) groups excluding carboxylic acids is 1. The van der Waals surface area contributed by atoms with Gasteiger partial charge in [0.05, 0.1) is 0 Å². The van der Waals surface area contributed by atoms with Crippen LogP contribution >= 0.6 is 0 Å². The fourth-order valence-corrected chi connectivity index (χ4v) is 4.07. The third-order valence-electron chi connectivity index (χ3n) is 5.56. The number of amides is 1. The average molecular weight is 330 g/mol. The predicted molar refractivity (Wildman–Crippen MR) is 95.7 cm³/mol. The van der Waals surface area contributed by atoms with Gasteiger partial charge in [0.2, 0.25) is 5.91 Å². The Morgan fingerprint density at radius 1 is 1.12 bits per heavy atom. The largest absolute Gasteiger partial charge is 0.508 e. The average Bonchev–Trinajstić information content (AvgIpc) is 3.07. The third-order valence-corrected chi connectivity index (χ3v) is 5.56. The van der Waals surface area contributed by atoms with Crippen molar-refractivity contribution in [3.63, 3.8) is 0 Å². The van der Waals surface area contributed by atoms with Gasteiger partial charge in [0.15, 0.2) is 0 Å². The number of rotatable bonds is 6. The number of benzene rings is 1. The number of piperidine rings is 1. The molecule has 4 nitrogen and oxygen atoms in total. The van der Waals surface area contributed by atoms with Crippen molar-refractivity contribution < 1.29 is 9.90 Å². The monoisotopic (exact) mass is 330 g/mol. The first-order chi connectivity index (χ1) is 11.7. The first-order valence-electron chi connectivity index (χ1n) is 9.46. The maximum atomic E-state index is 12.0. The Balaban J connectivity index is 1.33. The number of nitrogens with one attached hydrogen (secondary N) is 1. The van der Waals surface area contributed by atoms with Gasteiger partial charge >= 0.3 is 0 Å². The molecule has 0 unspecified atom stereocenters. The zero-order valence-corrected chi connectivity index (χ0v) is 14.5. The van der Waals surface area contributed by atoms with Crippen molar-refractivity contribution in [3.8, 4) is 5.75 Å². The highest BCUT2D eigenvalue weighted by Gasteiger charge is 2.21. The van der Waals surface area contributed by atoms with E-state index in [1.54, 1.807) is 6.07 Å². The summed E-state index contributed by atoms with van der Waals surface area (Å²) in [6, 6.07) is 7.52. The minimum absolute atomic E-state index is 0.254. The summed E-state index contributed by atoms with van der Waals surface area (Å²) in [6.45, 7) is 3.87. The quantitative estimate of drug-likeness (QED) is 0.841. The Morgan fingerprint density at radius 2 is 1.88 bits per heavy atom. The molecule has 2 aliphatic rings. The minimum Gasteiger partial charge on any atom is -0.508 e. The molecule has 132 valence electrons. The van der Waals surface area contributed by atoms with Gasteiger partial charge in [0.25, 0.3) is 0 Å². The van der Waals surface area contributed by atoms with Crippen LogP contribution in [0.25, 0.3) is 0 Å². The summed E-state index contributed by atoms with van der Waals surface area (Å²) in [5.41, 5.74) is 1.17. The minimum atomic E-state index is 0.254. The summed E-state index contributed by atoms with van der Waals surface area (Å²) < 4.78 is 0. The van der Waals surface area contributed by atoms with Gasteiger partial charge < -0.3 is 10.4 Å². The van der Waals surface area contributed by atoms with Crippen molar-refractivity contribution in [2.24, 2.45) is 11.8 Å². The molecule has 1 saturated carbocycles. The van der Waals surface area contributed by atoms with Gasteiger partial charge in [-0.15, -0.1) is 0 Å². The number of aromatic hydroxyl groups is 1. The van der Waals surface area contributed by atoms with Crippen LogP contribution in [-0.2, 0) is 11.3 Å². The van der Waals surface area contributed by atoms with E-state index in [9.17, 15) is 9.90 Å². The topological polar surface area (TPSA) is 52.6 Å². The summed E-state index contributed by atoms with van der Waals surface area (Å²) in [5, 5.41) is 12.7. The highest BCUT2D eigenvalue weighted by atomic mass is 16.3. The van der Waals surface area contributed by atoms with Crippen LogP contribution in [0.1, 0.15) is 50.5 Å². The maximum Gasteiger partial charge on any atom is 0.220 e. The van der Waals surface area contributed by atoms with Crippen LogP contribution in [-0.4, -0.2) is 35.5 Å². The number of likely N-dealkylation sites (tertiary alicyclic amines) is 1. The maximum absolute atomic E-state index is 12.0. The lowest BCUT2D eigenvalue weighted by atomic mass is 9.96. The van der Waals surface area contributed by atoms with Gasteiger partial charge in [0, 0.05) is 19.5 Å². The van der Waals surface area contributed by atoms with Gasteiger partial charge in [-0.1, -0.05) is 25.0 Å². The molecule has 0 spiro atoms. The Morgan fingerprint density at radius 3 is 2.58 bits per heavy atom. The Kier molecular flexibility index (Phi) is 6.13. The standard InChI is InChI=1S/C20H30N2O2/c23-19-7-3-6-18(12-19)15-22-10-8-17(9-11-22)14-21-20(24)13-16-4-1-2-5-16/h3,6-7,12,16-17,23H,1-2,4-5,8-11,13-15H2,(H,21,24). The van der Waals surface area contributed by atoms with E-state index < -0.39 is 0 Å². The smallest absolute Gasteiger partial charge is 0.220 e. The lowest BCUT2D eigenvalue weighted by molar-refractivity contribution is -0.122. The summed E-state index contributed by atoms with van der Waals surface area (Å²) in [6.07, 6.45) is 8.09. The molecule has 1 saturated heterocycles. The van der Waals surface area contributed by atoms with E-state index in [4.69, 9.17) is 0 Å². The summed E-state index contributed by atoms with van der Waals surface area (Å²) >= 11 is 0. The number of nitrogens with zero attached hydrogens (tertiary/aromatic N) is 1. The molecule has 1 aromatic rings. The Bertz CT molecular complexity index is 532. The van der Waals surface area contributed by atoms with Crippen molar-refractivity contribution in [3.05, 3.63) is 29.8 Å². The van der Waals surface area contributed by atoms with Gasteiger partial charge in [-0.2, -0.15) is 0 Å². The molecule has 0 radical (unpaired) electrons. The number of hydrogen-bond acceptors (Lipinski definition) is 3. The molecule has 3 rings (SSSR count).